The molecule has 1 aliphatic carbocycles. The second-order valence-corrected chi connectivity index (χ2v) is 4.49. The van der Waals surface area contributed by atoms with Crippen molar-refractivity contribution in [2.75, 3.05) is 0 Å². The van der Waals surface area contributed by atoms with Crippen LogP contribution in [0.3, 0.4) is 0 Å². The fourth-order valence-electron chi connectivity index (χ4n) is 1.96. The van der Waals surface area contributed by atoms with Crippen molar-refractivity contribution >= 4 is 12.4 Å². The zero-order valence-corrected chi connectivity index (χ0v) is 10.8. The zero-order chi connectivity index (χ0) is 11.7. The van der Waals surface area contributed by atoms with Gasteiger partial charge in [-0.25, -0.2) is 0 Å². The van der Waals surface area contributed by atoms with Crippen LogP contribution in [0.15, 0.2) is 28.8 Å². The minimum Gasteiger partial charge on any atom is -0.339 e. The molecule has 0 atom stereocenters. The van der Waals surface area contributed by atoms with Gasteiger partial charge in [0.2, 0.25) is 11.7 Å². The molecule has 0 spiro atoms. The largest absolute Gasteiger partial charge is 0.339 e. The molecule has 2 aromatic rings. The summed E-state index contributed by atoms with van der Waals surface area (Å²) in [5.41, 5.74) is 7.65. The Labute approximate surface area is 112 Å². The SMILES string of the molecule is Cl.NCc1ccc(-c2noc(C3CCC3)n2)cc1. The average molecular weight is 266 g/mol. The third-order valence-electron chi connectivity index (χ3n) is 3.34. The molecule has 4 nitrogen and oxygen atoms in total. The lowest BCUT2D eigenvalue weighted by Crippen LogP contribution is -2.08. The van der Waals surface area contributed by atoms with Crippen LogP contribution in [-0.2, 0) is 6.54 Å². The number of hydrogen-bond donors (Lipinski definition) is 1. The number of nitrogens with two attached hydrogens (primary N) is 1. The Kier molecular flexibility index (Phi) is 3.99. The molecule has 18 heavy (non-hydrogen) atoms. The molecular weight excluding hydrogens is 250 g/mol. The van der Waals surface area contributed by atoms with Crippen molar-refractivity contribution in [2.24, 2.45) is 5.73 Å². The molecule has 1 heterocycles. The Bertz CT molecular complexity index is 505. The summed E-state index contributed by atoms with van der Waals surface area (Å²) >= 11 is 0. The minimum atomic E-state index is 0. The van der Waals surface area contributed by atoms with E-state index in [0.29, 0.717) is 18.3 Å². The number of nitrogens with zero attached hydrogens (tertiary/aromatic N) is 2. The number of rotatable bonds is 3. The van der Waals surface area contributed by atoms with E-state index in [4.69, 9.17) is 10.3 Å². The lowest BCUT2D eigenvalue weighted by Gasteiger charge is -2.20. The lowest BCUT2D eigenvalue weighted by atomic mass is 9.85. The fourth-order valence-corrected chi connectivity index (χ4v) is 1.96. The maximum atomic E-state index is 5.56. The van der Waals surface area contributed by atoms with Gasteiger partial charge in [-0.05, 0) is 18.4 Å². The van der Waals surface area contributed by atoms with Gasteiger partial charge in [0.05, 0.1) is 0 Å². The van der Waals surface area contributed by atoms with Crippen LogP contribution >= 0.6 is 12.4 Å². The van der Waals surface area contributed by atoms with Gasteiger partial charge in [0.1, 0.15) is 0 Å². The summed E-state index contributed by atoms with van der Waals surface area (Å²) in [6.45, 7) is 0.555. The van der Waals surface area contributed by atoms with Gasteiger partial charge in [-0.15, -0.1) is 12.4 Å². The van der Waals surface area contributed by atoms with Gasteiger partial charge in [0, 0.05) is 18.0 Å². The highest BCUT2D eigenvalue weighted by Gasteiger charge is 2.25. The van der Waals surface area contributed by atoms with Crippen LogP contribution < -0.4 is 5.73 Å². The van der Waals surface area contributed by atoms with Gasteiger partial charge in [0.25, 0.3) is 0 Å². The zero-order valence-electron chi connectivity index (χ0n) is 10.0. The van der Waals surface area contributed by atoms with Crippen LogP contribution in [0, 0.1) is 0 Å². The van der Waals surface area contributed by atoms with Crippen LogP contribution in [0.5, 0.6) is 0 Å². The molecule has 3 rings (SSSR count). The van der Waals surface area contributed by atoms with E-state index in [1.54, 1.807) is 0 Å². The molecule has 1 fully saturated rings. The Balaban J connectivity index is 0.00000120. The van der Waals surface area contributed by atoms with Gasteiger partial charge >= 0.3 is 0 Å². The molecule has 1 aromatic carbocycles. The highest BCUT2D eigenvalue weighted by molar-refractivity contribution is 5.85. The first kappa shape index (κ1) is 13.1. The first-order valence-corrected chi connectivity index (χ1v) is 6.00. The summed E-state index contributed by atoms with van der Waals surface area (Å²) in [5, 5.41) is 4.03. The fraction of sp³-hybridized carbons (Fsp3) is 0.385. The normalized spacial score (nSPS) is 14.9. The summed E-state index contributed by atoms with van der Waals surface area (Å²) in [4.78, 5) is 4.45. The Hall–Kier alpha value is -1.39. The maximum Gasteiger partial charge on any atom is 0.230 e. The van der Waals surface area contributed by atoms with Crippen molar-refractivity contribution in [2.45, 2.75) is 31.7 Å². The number of halogens is 1. The van der Waals surface area contributed by atoms with Crippen LogP contribution in [0.1, 0.15) is 36.6 Å². The first-order chi connectivity index (χ1) is 8.36. The quantitative estimate of drug-likeness (QED) is 0.927. The molecule has 0 unspecified atom stereocenters. The molecule has 2 N–H and O–H groups in total. The Morgan fingerprint density at radius 2 is 1.94 bits per heavy atom. The number of aromatic nitrogens is 2. The summed E-state index contributed by atoms with van der Waals surface area (Å²) < 4.78 is 5.29. The van der Waals surface area contributed by atoms with E-state index in [0.717, 1.165) is 17.0 Å². The average Bonchev–Trinajstić information content (AvgIpc) is 2.76. The van der Waals surface area contributed by atoms with Crippen molar-refractivity contribution in [3.05, 3.63) is 35.7 Å². The summed E-state index contributed by atoms with van der Waals surface area (Å²) in [6.07, 6.45) is 3.62. The second kappa shape index (κ2) is 5.50. The van der Waals surface area contributed by atoms with Gasteiger partial charge in [-0.3, -0.25) is 0 Å². The molecular formula is C13H16ClN3O. The monoisotopic (exact) mass is 265 g/mol. The van der Waals surface area contributed by atoms with E-state index < -0.39 is 0 Å². The van der Waals surface area contributed by atoms with Crippen LogP contribution in [0.25, 0.3) is 11.4 Å². The minimum absolute atomic E-state index is 0. The lowest BCUT2D eigenvalue weighted by molar-refractivity contribution is 0.292. The first-order valence-electron chi connectivity index (χ1n) is 6.00. The summed E-state index contributed by atoms with van der Waals surface area (Å²) in [6, 6.07) is 7.96. The predicted octanol–water partition coefficient (Wildman–Crippen LogP) is 2.88. The smallest absolute Gasteiger partial charge is 0.230 e. The van der Waals surface area contributed by atoms with Crippen LogP contribution in [0.2, 0.25) is 0 Å². The highest BCUT2D eigenvalue weighted by atomic mass is 35.5. The number of hydrogen-bond acceptors (Lipinski definition) is 4. The van der Waals surface area contributed by atoms with Gasteiger partial charge in [0.15, 0.2) is 0 Å². The molecule has 1 aromatic heterocycles. The molecule has 0 radical (unpaired) electrons. The van der Waals surface area contributed by atoms with Crippen LogP contribution in [-0.4, -0.2) is 10.1 Å². The number of benzene rings is 1. The molecule has 0 saturated heterocycles. The molecule has 0 amide bonds. The van der Waals surface area contributed by atoms with E-state index in [2.05, 4.69) is 10.1 Å². The topological polar surface area (TPSA) is 64.9 Å². The third kappa shape index (κ3) is 2.40. The predicted molar refractivity (Wildman–Crippen MR) is 71.5 cm³/mol. The van der Waals surface area contributed by atoms with E-state index >= 15 is 0 Å². The summed E-state index contributed by atoms with van der Waals surface area (Å²) in [5.74, 6) is 1.95. The summed E-state index contributed by atoms with van der Waals surface area (Å²) in [7, 11) is 0. The maximum absolute atomic E-state index is 5.56. The van der Waals surface area contributed by atoms with Crippen molar-refractivity contribution < 1.29 is 4.52 Å². The molecule has 0 aliphatic heterocycles. The molecule has 96 valence electrons. The van der Waals surface area contributed by atoms with Crippen molar-refractivity contribution in [3.8, 4) is 11.4 Å². The highest BCUT2D eigenvalue weighted by Crippen LogP contribution is 2.35. The van der Waals surface area contributed by atoms with E-state index in [1.807, 2.05) is 24.3 Å². The van der Waals surface area contributed by atoms with Gasteiger partial charge in [-0.2, -0.15) is 4.98 Å². The van der Waals surface area contributed by atoms with Crippen molar-refractivity contribution in [3.63, 3.8) is 0 Å². The second-order valence-electron chi connectivity index (χ2n) is 4.49. The standard InChI is InChI=1S/C13H15N3O.ClH/c14-8-9-4-6-10(7-5-9)12-15-13(17-16-12)11-2-1-3-11;/h4-7,11H,1-3,8,14H2;1H. The van der Waals surface area contributed by atoms with Gasteiger partial charge < -0.3 is 10.3 Å². The van der Waals surface area contributed by atoms with Gasteiger partial charge in [-0.1, -0.05) is 35.8 Å². The molecule has 5 heteroatoms. The van der Waals surface area contributed by atoms with E-state index in [1.165, 1.54) is 19.3 Å². The molecule has 0 bridgehead atoms. The third-order valence-corrected chi connectivity index (χ3v) is 3.34. The van der Waals surface area contributed by atoms with E-state index in [9.17, 15) is 0 Å². The Morgan fingerprint density at radius 3 is 2.50 bits per heavy atom. The molecule has 1 aliphatic rings. The van der Waals surface area contributed by atoms with Crippen molar-refractivity contribution in [1.82, 2.24) is 10.1 Å². The van der Waals surface area contributed by atoms with Crippen molar-refractivity contribution in [1.29, 1.82) is 0 Å². The van der Waals surface area contributed by atoms with E-state index in [-0.39, 0.29) is 12.4 Å². The Morgan fingerprint density at radius 1 is 1.22 bits per heavy atom. The molecule has 1 saturated carbocycles. The van der Waals surface area contributed by atoms with Crippen LogP contribution in [0.4, 0.5) is 0 Å².